The lowest BCUT2D eigenvalue weighted by molar-refractivity contribution is 0.0705. The predicted octanol–water partition coefficient (Wildman–Crippen LogP) is 3.89. The lowest BCUT2D eigenvalue weighted by atomic mass is 9.92. The van der Waals surface area contributed by atoms with E-state index in [2.05, 4.69) is 19.9 Å². The summed E-state index contributed by atoms with van der Waals surface area (Å²) in [4.78, 5) is 33.6. The normalized spacial score (nSPS) is 15.7. The number of imidazole rings is 1. The molecule has 0 unspecified atom stereocenters. The van der Waals surface area contributed by atoms with Crippen LogP contribution in [-0.4, -0.2) is 55.5 Å². The second-order valence-electron chi connectivity index (χ2n) is 8.77. The number of amides is 1. The molecule has 5 rings (SSSR count). The van der Waals surface area contributed by atoms with Gasteiger partial charge in [0.15, 0.2) is 5.82 Å². The molecule has 0 aliphatic carbocycles. The second kappa shape index (κ2) is 10.0. The summed E-state index contributed by atoms with van der Waals surface area (Å²) in [5, 5.41) is 0. The Balaban J connectivity index is 1.35. The smallest absolute Gasteiger partial charge is 0.253 e. The fourth-order valence-electron chi connectivity index (χ4n) is 4.73. The van der Waals surface area contributed by atoms with Gasteiger partial charge in [0.1, 0.15) is 11.4 Å². The molecule has 3 aromatic heterocycles. The van der Waals surface area contributed by atoms with Crippen molar-refractivity contribution in [1.82, 2.24) is 29.4 Å². The molecule has 1 aliphatic heterocycles. The van der Waals surface area contributed by atoms with Gasteiger partial charge in [-0.15, -0.1) is 0 Å². The molecule has 0 radical (unpaired) electrons. The first-order valence-corrected chi connectivity index (χ1v) is 11.8. The molecule has 1 atom stereocenters. The quantitative estimate of drug-likeness (QED) is 0.427. The van der Waals surface area contributed by atoms with Gasteiger partial charge in [0, 0.05) is 80.3 Å². The zero-order valence-electron chi connectivity index (χ0n) is 20.0. The lowest BCUT2D eigenvalue weighted by Crippen LogP contribution is -2.39. The van der Waals surface area contributed by atoms with E-state index in [4.69, 9.17) is 4.74 Å². The summed E-state index contributed by atoms with van der Waals surface area (Å²) in [6.45, 7) is 1.32. The Bertz CT molecular complexity index is 1330. The number of benzene rings is 1. The van der Waals surface area contributed by atoms with Gasteiger partial charge >= 0.3 is 0 Å². The number of hydrogen-bond donors (Lipinski definition) is 0. The molecule has 1 aliphatic rings. The third-order valence-electron chi connectivity index (χ3n) is 6.48. The highest BCUT2D eigenvalue weighted by atomic mass is 16.5. The van der Waals surface area contributed by atoms with Crippen LogP contribution in [-0.2, 0) is 13.5 Å². The van der Waals surface area contributed by atoms with Gasteiger partial charge in [-0.2, -0.15) is 0 Å². The summed E-state index contributed by atoms with van der Waals surface area (Å²) in [6, 6.07) is 11.6. The molecule has 1 aromatic carbocycles. The van der Waals surface area contributed by atoms with Crippen LogP contribution in [0.1, 0.15) is 46.1 Å². The van der Waals surface area contributed by atoms with Gasteiger partial charge in [0.05, 0.1) is 12.8 Å². The van der Waals surface area contributed by atoms with Crippen molar-refractivity contribution in [1.29, 1.82) is 0 Å². The number of likely N-dealkylation sites (tertiary alicyclic amines) is 1. The van der Waals surface area contributed by atoms with Gasteiger partial charge in [-0.3, -0.25) is 14.8 Å². The van der Waals surface area contributed by atoms with Crippen molar-refractivity contribution in [3.63, 3.8) is 0 Å². The molecule has 35 heavy (non-hydrogen) atoms. The van der Waals surface area contributed by atoms with Crippen LogP contribution in [0.5, 0.6) is 5.75 Å². The van der Waals surface area contributed by atoms with Crippen LogP contribution in [0.3, 0.4) is 0 Å². The Hall–Kier alpha value is -4.07. The first-order valence-electron chi connectivity index (χ1n) is 11.8. The summed E-state index contributed by atoms with van der Waals surface area (Å²) in [7, 11) is 3.61. The molecule has 1 saturated heterocycles. The molecule has 0 bridgehead atoms. The van der Waals surface area contributed by atoms with Crippen molar-refractivity contribution in [3.8, 4) is 17.3 Å². The Kier molecular flexibility index (Phi) is 6.52. The van der Waals surface area contributed by atoms with E-state index in [1.54, 1.807) is 38.0 Å². The Morgan fingerprint density at radius 2 is 1.91 bits per heavy atom. The first kappa shape index (κ1) is 22.7. The highest BCUT2D eigenvalue weighted by Crippen LogP contribution is 2.31. The highest BCUT2D eigenvalue weighted by molar-refractivity contribution is 5.94. The van der Waals surface area contributed by atoms with E-state index >= 15 is 0 Å². The van der Waals surface area contributed by atoms with Crippen LogP contribution in [0.25, 0.3) is 11.5 Å². The van der Waals surface area contributed by atoms with E-state index in [0.29, 0.717) is 18.5 Å². The number of rotatable bonds is 6. The van der Waals surface area contributed by atoms with Gasteiger partial charge in [-0.05, 0) is 31.0 Å². The maximum absolute atomic E-state index is 13.5. The van der Waals surface area contributed by atoms with Crippen molar-refractivity contribution in [3.05, 3.63) is 89.9 Å². The number of nitrogens with zero attached hydrogens (tertiary/aromatic N) is 6. The summed E-state index contributed by atoms with van der Waals surface area (Å²) in [5.74, 6) is 1.72. The Morgan fingerprint density at radius 1 is 1.06 bits per heavy atom. The lowest BCUT2D eigenvalue weighted by Gasteiger charge is -2.33. The second-order valence-corrected chi connectivity index (χ2v) is 8.77. The van der Waals surface area contributed by atoms with E-state index in [-0.39, 0.29) is 11.8 Å². The molecule has 0 spiro atoms. The van der Waals surface area contributed by atoms with Crippen LogP contribution in [0.15, 0.2) is 67.4 Å². The van der Waals surface area contributed by atoms with E-state index in [1.807, 2.05) is 53.0 Å². The van der Waals surface area contributed by atoms with Gasteiger partial charge in [-0.1, -0.05) is 18.2 Å². The largest absolute Gasteiger partial charge is 0.496 e. The average molecular weight is 469 g/mol. The van der Waals surface area contributed by atoms with E-state index in [9.17, 15) is 4.79 Å². The summed E-state index contributed by atoms with van der Waals surface area (Å²) < 4.78 is 7.41. The van der Waals surface area contributed by atoms with Gasteiger partial charge in [0.2, 0.25) is 0 Å². The van der Waals surface area contributed by atoms with Crippen LogP contribution in [0, 0.1) is 0 Å². The topological polar surface area (TPSA) is 86.0 Å². The molecule has 4 aromatic rings. The minimum atomic E-state index is 0.0146. The van der Waals surface area contributed by atoms with E-state index < -0.39 is 0 Å². The minimum absolute atomic E-state index is 0.0146. The number of aryl methyl sites for hydroxylation is 1. The number of carbonyl (C=O) groups is 1. The molecule has 0 N–H and O–H groups in total. The van der Waals surface area contributed by atoms with Crippen molar-refractivity contribution < 1.29 is 9.53 Å². The fourth-order valence-corrected chi connectivity index (χ4v) is 4.73. The van der Waals surface area contributed by atoms with Crippen molar-refractivity contribution >= 4 is 5.91 Å². The molecular formula is C27H28N6O2. The number of hydrogen-bond acceptors (Lipinski definition) is 6. The van der Waals surface area contributed by atoms with E-state index in [1.165, 1.54) is 0 Å². The molecular weight excluding hydrogens is 440 g/mol. The fraction of sp³-hybridized carbons (Fsp3) is 0.296. The van der Waals surface area contributed by atoms with Crippen LogP contribution >= 0.6 is 0 Å². The SMILES string of the molecule is COc1ccccc1Cc1cc(C(=O)N2CCC[C@H](c3nccnc3-c3nccn3C)C2)ccn1. The van der Waals surface area contributed by atoms with E-state index in [0.717, 1.165) is 53.6 Å². The molecule has 1 amide bonds. The standard InChI is InChI=1S/C27H28N6O2/c1-32-15-13-31-26(32)25-24(29-11-12-30-25)21-7-5-14-33(18-21)27(34)20-9-10-28-22(17-20)16-19-6-3-4-8-23(19)35-2/h3-4,6,8-13,15,17,21H,5,7,14,16,18H2,1-2H3/t21-/m0/s1. The predicted molar refractivity (Wildman–Crippen MR) is 132 cm³/mol. The van der Waals surface area contributed by atoms with Gasteiger partial charge < -0.3 is 14.2 Å². The molecule has 8 nitrogen and oxygen atoms in total. The monoisotopic (exact) mass is 468 g/mol. The number of methoxy groups -OCH3 is 1. The third-order valence-corrected chi connectivity index (χ3v) is 6.48. The molecule has 4 heterocycles. The number of para-hydroxylation sites is 1. The minimum Gasteiger partial charge on any atom is -0.496 e. The number of aromatic nitrogens is 5. The number of carbonyl (C=O) groups excluding carboxylic acids is 1. The molecule has 0 saturated carbocycles. The first-order chi connectivity index (χ1) is 17.1. The van der Waals surface area contributed by atoms with Crippen LogP contribution in [0.2, 0.25) is 0 Å². The summed E-state index contributed by atoms with van der Waals surface area (Å²) in [6.07, 6.45) is 11.2. The molecule has 8 heteroatoms. The number of pyridine rings is 1. The maximum Gasteiger partial charge on any atom is 0.253 e. The average Bonchev–Trinajstić information content (AvgIpc) is 3.34. The maximum atomic E-state index is 13.5. The van der Waals surface area contributed by atoms with Crippen LogP contribution < -0.4 is 4.74 Å². The molecule has 1 fully saturated rings. The zero-order chi connectivity index (χ0) is 24.2. The van der Waals surface area contributed by atoms with Crippen molar-refractivity contribution in [2.75, 3.05) is 20.2 Å². The Morgan fingerprint density at radius 3 is 2.74 bits per heavy atom. The number of piperidine rings is 1. The van der Waals surface area contributed by atoms with Crippen molar-refractivity contribution in [2.45, 2.75) is 25.2 Å². The summed E-state index contributed by atoms with van der Waals surface area (Å²) in [5.41, 5.74) is 4.19. The zero-order valence-corrected chi connectivity index (χ0v) is 20.0. The van der Waals surface area contributed by atoms with Crippen LogP contribution in [0.4, 0.5) is 0 Å². The number of ether oxygens (including phenoxy) is 1. The molecule has 178 valence electrons. The van der Waals surface area contributed by atoms with Gasteiger partial charge in [-0.25, -0.2) is 9.97 Å². The third kappa shape index (κ3) is 4.77. The van der Waals surface area contributed by atoms with Crippen molar-refractivity contribution in [2.24, 2.45) is 7.05 Å². The Labute approximate surface area is 204 Å². The highest BCUT2D eigenvalue weighted by Gasteiger charge is 2.29. The summed E-state index contributed by atoms with van der Waals surface area (Å²) >= 11 is 0. The van der Waals surface area contributed by atoms with Gasteiger partial charge in [0.25, 0.3) is 5.91 Å².